The zero-order valence-corrected chi connectivity index (χ0v) is 16.1. The molecule has 0 aliphatic heterocycles. The predicted molar refractivity (Wildman–Crippen MR) is 104 cm³/mol. The Morgan fingerprint density at radius 3 is 2.74 bits per heavy atom. The third-order valence-corrected chi connectivity index (χ3v) is 4.28. The fraction of sp³-hybridized carbons (Fsp3) is 0.429. The molecule has 0 bridgehead atoms. The molecule has 27 heavy (non-hydrogen) atoms. The number of aromatic nitrogens is 2. The summed E-state index contributed by atoms with van der Waals surface area (Å²) in [6.07, 6.45) is 8.54. The van der Waals surface area contributed by atoms with Gasteiger partial charge in [-0.2, -0.15) is 0 Å². The van der Waals surface area contributed by atoms with Gasteiger partial charge in [0.2, 0.25) is 0 Å². The molecule has 0 radical (unpaired) electrons. The Morgan fingerprint density at radius 2 is 2.07 bits per heavy atom. The van der Waals surface area contributed by atoms with Crippen LogP contribution in [0.1, 0.15) is 39.2 Å². The van der Waals surface area contributed by atoms with Crippen molar-refractivity contribution in [3.63, 3.8) is 0 Å². The van der Waals surface area contributed by atoms with Crippen molar-refractivity contribution in [2.24, 2.45) is 0 Å². The van der Waals surface area contributed by atoms with E-state index < -0.39 is 11.7 Å². The van der Waals surface area contributed by atoms with E-state index in [1.54, 1.807) is 12.5 Å². The third kappa shape index (κ3) is 5.69. The van der Waals surface area contributed by atoms with Gasteiger partial charge in [0.05, 0.1) is 25.1 Å². The summed E-state index contributed by atoms with van der Waals surface area (Å²) in [5.74, 6) is 0. The van der Waals surface area contributed by atoms with Crippen LogP contribution >= 0.6 is 0 Å². The molecule has 2 aromatic rings. The summed E-state index contributed by atoms with van der Waals surface area (Å²) < 4.78 is 13.5. The van der Waals surface area contributed by atoms with Gasteiger partial charge in [0.25, 0.3) is 0 Å². The molecule has 1 N–H and O–H groups in total. The van der Waals surface area contributed by atoms with Crippen LogP contribution in [-0.4, -0.2) is 33.4 Å². The van der Waals surface area contributed by atoms with E-state index in [1.807, 2.05) is 67.9 Å². The van der Waals surface area contributed by atoms with E-state index in [0.717, 1.165) is 24.1 Å². The van der Waals surface area contributed by atoms with Gasteiger partial charge in [-0.05, 0) is 45.3 Å². The number of nitrogens with one attached hydrogen (secondary N) is 1. The highest BCUT2D eigenvalue weighted by Crippen LogP contribution is 2.25. The van der Waals surface area contributed by atoms with Crippen LogP contribution in [0.3, 0.4) is 0 Å². The van der Waals surface area contributed by atoms with Crippen molar-refractivity contribution in [2.75, 3.05) is 0 Å². The Hall–Kier alpha value is -2.60. The molecule has 6 nitrogen and oxygen atoms in total. The zero-order valence-electron chi connectivity index (χ0n) is 16.1. The van der Waals surface area contributed by atoms with Crippen LogP contribution in [0.25, 0.3) is 5.70 Å². The second kappa shape index (κ2) is 8.39. The van der Waals surface area contributed by atoms with Crippen LogP contribution < -0.4 is 5.32 Å². The summed E-state index contributed by atoms with van der Waals surface area (Å²) in [6.45, 7) is 6.06. The molecular weight excluding hydrogens is 342 g/mol. The minimum Gasteiger partial charge on any atom is -0.444 e. The summed E-state index contributed by atoms with van der Waals surface area (Å²) in [5.41, 5.74) is 1.65. The van der Waals surface area contributed by atoms with Crippen molar-refractivity contribution < 1.29 is 14.3 Å². The van der Waals surface area contributed by atoms with Gasteiger partial charge in [-0.3, -0.25) is 0 Å². The van der Waals surface area contributed by atoms with E-state index in [9.17, 15) is 4.79 Å². The minimum atomic E-state index is -0.546. The maximum absolute atomic E-state index is 12.3. The molecule has 2 atom stereocenters. The van der Waals surface area contributed by atoms with Crippen LogP contribution in [0.2, 0.25) is 0 Å². The number of rotatable bonds is 5. The molecule has 2 unspecified atom stereocenters. The largest absolute Gasteiger partial charge is 0.444 e. The molecular formula is C21H27N3O3. The van der Waals surface area contributed by atoms with Gasteiger partial charge < -0.3 is 19.4 Å². The summed E-state index contributed by atoms with van der Waals surface area (Å²) in [7, 11) is 0. The Bertz CT molecular complexity index is 764. The molecule has 0 fully saturated rings. The maximum atomic E-state index is 12.3. The zero-order chi connectivity index (χ0) is 19.3. The SMILES string of the molecule is CC(C)(C)OC(=O)NC1C=C(n2ccnc2)CCC1OCc1ccccc1. The number of amides is 1. The van der Waals surface area contributed by atoms with E-state index in [1.165, 1.54) is 0 Å². The van der Waals surface area contributed by atoms with E-state index in [0.29, 0.717) is 6.61 Å². The van der Waals surface area contributed by atoms with Crippen LogP contribution in [0.4, 0.5) is 4.79 Å². The summed E-state index contributed by atoms with van der Waals surface area (Å²) in [5, 5.41) is 2.96. The van der Waals surface area contributed by atoms with Crippen molar-refractivity contribution in [3.05, 3.63) is 60.7 Å². The van der Waals surface area contributed by atoms with Gasteiger partial charge >= 0.3 is 6.09 Å². The number of benzene rings is 1. The van der Waals surface area contributed by atoms with Crippen LogP contribution in [0.15, 0.2) is 55.1 Å². The van der Waals surface area contributed by atoms with E-state index in [4.69, 9.17) is 9.47 Å². The summed E-state index contributed by atoms with van der Waals surface area (Å²) in [6, 6.07) is 9.77. The van der Waals surface area contributed by atoms with E-state index >= 15 is 0 Å². The molecule has 1 amide bonds. The summed E-state index contributed by atoms with van der Waals surface area (Å²) >= 11 is 0. The number of allylic oxidation sites excluding steroid dienone is 1. The smallest absolute Gasteiger partial charge is 0.408 e. The van der Waals surface area contributed by atoms with Crippen molar-refractivity contribution in [1.29, 1.82) is 0 Å². The molecule has 1 aromatic heterocycles. The molecule has 1 heterocycles. The lowest BCUT2D eigenvalue weighted by molar-refractivity contribution is 0.00925. The van der Waals surface area contributed by atoms with Gasteiger partial charge in [-0.25, -0.2) is 9.78 Å². The average molecular weight is 369 g/mol. The van der Waals surface area contributed by atoms with Crippen LogP contribution in [0, 0.1) is 0 Å². The lowest BCUT2D eigenvalue weighted by Crippen LogP contribution is -2.46. The number of nitrogens with zero attached hydrogens (tertiary/aromatic N) is 2. The second-order valence-electron chi connectivity index (χ2n) is 7.67. The van der Waals surface area contributed by atoms with Crippen molar-refractivity contribution >= 4 is 11.8 Å². The van der Waals surface area contributed by atoms with Crippen LogP contribution in [-0.2, 0) is 16.1 Å². The lowest BCUT2D eigenvalue weighted by Gasteiger charge is -2.32. The molecule has 0 saturated heterocycles. The highest BCUT2D eigenvalue weighted by molar-refractivity contribution is 5.69. The first-order valence-electron chi connectivity index (χ1n) is 9.25. The molecule has 144 valence electrons. The van der Waals surface area contributed by atoms with Gasteiger partial charge in [0, 0.05) is 18.1 Å². The fourth-order valence-corrected chi connectivity index (χ4v) is 3.05. The number of carbonyl (C=O) groups is 1. The number of carbonyl (C=O) groups excluding carboxylic acids is 1. The molecule has 3 rings (SSSR count). The molecule has 0 spiro atoms. The monoisotopic (exact) mass is 369 g/mol. The molecule has 1 aliphatic carbocycles. The Kier molecular flexibility index (Phi) is 5.96. The molecule has 0 saturated carbocycles. The van der Waals surface area contributed by atoms with Gasteiger partial charge in [-0.15, -0.1) is 0 Å². The van der Waals surface area contributed by atoms with Crippen LogP contribution in [0.5, 0.6) is 0 Å². The first kappa shape index (κ1) is 19.2. The van der Waals surface area contributed by atoms with Crippen molar-refractivity contribution in [3.8, 4) is 0 Å². The standard InChI is InChI=1S/C21H27N3O3/c1-21(2,3)27-20(25)23-18-13-17(24-12-11-22-15-24)9-10-19(18)26-14-16-7-5-4-6-8-16/h4-8,11-13,15,18-19H,9-10,14H2,1-3H3,(H,23,25). The Labute approximate surface area is 160 Å². The number of alkyl carbamates (subject to hydrolysis) is 1. The number of imidazole rings is 1. The quantitative estimate of drug-likeness (QED) is 0.865. The van der Waals surface area contributed by atoms with Crippen molar-refractivity contribution in [2.45, 2.75) is 58.0 Å². The first-order chi connectivity index (χ1) is 12.9. The number of hydrogen-bond donors (Lipinski definition) is 1. The highest BCUT2D eigenvalue weighted by Gasteiger charge is 2.29. The van der Waals surface area contributed by atoms with Gasteiger partial charge in [0.15, 0.2) is 0 Å². The number of ether oxygens (including phenoxy) is 2. The van der Waals surface area contributed by atoms with Gasteiger partial charge in [-0.1, -0.05) is 30.3 Å². The van der Waals surface area contributed by atoms with E-state index in [-0.39, 0.29) is 12.1 Å². The minimum absolute atomic E-state index is 0.120. The fourth-order valence-electron chi connectivity index (χ4n) is 3.05. The molecule has 6 heteroatoms. The van der Waals surface area contributed by atoms with Gasteiger partial charge in [0.1, 0.15) is 5.60 Å². The average Bonchev–Trinajstić information content (AvgIpc) is 3.14. The lowest BCUT2D eigenvalue weighted by atomic mass is 9.96. The predicted octanol–water partition coefficient (Wildman–Crippen LogP) is 4.00. The van der Waals surface area contributed by atoms with E-state index in [2.05, 4.69) is 10.3 Å². The third-order valence-electron chi connectivity index (χ3n) is 4.28. The number of hydrogen-bond acceptors (Lipinski definition) is 4. The Balaban J connectivity index is 1.72. The van der Waals surface area contributed by atoms with Crippen molar-refractivity contribution in [1.82, 2.24) is 14.9 Å². The highest BCUT2D eigenvalue weighted by atomic mass is 16.6. The summed E-state index contributed by atoms with van der Waals surface area (Å²) in [4.78, 5) is 16.4. The molecule has 1 aliphatic rings. The first-order valence-corrected chi connectivity index (χ1v) is 9.25. The normalized spacial score (nSPS) is 20.0. The Morgan fingerprint density at radius 1 is 1.30 bits per heavy atom. The maximum Gasteiger partial charge on any atom is 0.408 e. The second-order valence-corrected chi connectivity index (χ2v) is 7.67. The topological polar surface area (TPSA) is 65.4 Å². The molecule has 1 aromatic carbocycles.